The van der Waals surface area contributed by atoms with Gasteiger partial charge in [-0.2, -0.15) is 9.78 Å². The van der Waals surface area contributed by atoms with Crippen molar-refractivity contribution < 1.29 is 13.2 Å². The Kier molecular flexibility index (Phi) is 6.64. The van der Waals surface area contributed by atoms with E-state index in [0.717, 1.165) is 23.3 Å². The Morgan fingerprint density at radius 1 is 1.39 bits per heavy atom. The highest BCUT2D eigenvalue weighted by Crippen LogP contribution is 2.24. The number of rotatable bonds is 7. The second-order valence-corrected chi connectivity index (χ2v) is 6.54. The number of hydrogen-bond acceptors (Lipinski definition) is 4. The monoisotopic (exact) mass is 406 g/mol. The number of hydrogen-bond donors (Lipinski definition) is 0. The molecule has 9 heteroatoms. The van der Waals surface area contributed by atoms with Crippen LogP contribution in [0, 0.1) is 5.82 Å². The lowest BCUT2D eigenvalue weighted by Crippen LogP contribution is -2.01. The maximum Gasteiger partial charge on any atom is 0.299 e. The molecule has 0 aliphatic rings. The highest BCUT2D eigenvalue weighted by molar-refractivity contribution is 9.10. The Bertz CT molecular complexity index is 691. The smallest absolute Gasteiger partial charge is 0.206 e. The van der Waals surface area contributed by atoms with Crippen LogP contribution in [0.5, 0.6) is 0 Å². The Morgan fingerprint density at radius 2 is 2.17 bits per heavy atom. The summed E-state index contributed by atoms with van der Waals surface area (Å²) >= 11 is 4.52. The molecule has 1 heterocycles. The van der Waals surface area contributed by atoms with Gasteiger partial charge in [-0.15, -0.1) is 10.2 Å². The van der Waals surface area contributed by atoms with Crippen LogP contribution in [0.15, 0.2) is 32.9 Å². The number of thioether (sulfide) groups is 1. The molecule has 23 heavy (non-hydrogen) atoms. The molecule has 0 amide bonds. The summed E-state index contributed by atoms with van der Waals surface area (Å²) in [5.41, 5.74) is 0.179. The number of benzene rings is 1. The van der Waals surface area contributed by atoms with Crippen molar-refractivity contribution in [3.63, 3.8) is 0 Å². The molecule has 0 fully saturated rings. The summed E-state index contributed by atoms with van der Waals surface area (Å²) in [4.78, 5) is 0. The van der Waals surface area contributed by atoms with Crippen molar-refractivity contribution in [3.8, 4) is 0 Å². The largest absolute Gasteiger partial charge is 0.299 e. The molecule has 124 valence electrons. The molecule has 0 spiro atoms. The van der Waals surface area contributed by atoms with E-state index in [1.54, 1.807) is 6.07 Å². The van der Waals surface area contributed by atoms with E-state index in [1.165, 1.54) is 30.1 Å². The first-order valence-corrected chi connectivity index (χ1v) is 8.66. The summed E-state index contributed by atoms with van der Waals surface area (Å²) in [7, 11) is 0. The van der Waals surface area contributed by atoms with E-state index in [1.807, 2.05) is 6.92 Å². The minimum atomic E-state index is -2.81. The lowest BCUT2D eigenvalue weighted by atomic mass is 10.2. The third kappa shape index (κ3) is 4.81. The molecule has 0 bridgehead atoms. The van der Waals surface area contributed by atoms with Crippen LogP contribution in [0.1, 0.15) is 37.6 Å². The van der Waals surface area contributed by atoms with Crippen LogP contribution in [0.4, 0.5) is 13.2 Å². The second-order valence-electron chi connectivity index (χ2n) is 4.57. The fourth-order valence-electron chi connectivity index (χ4n) is 1.65. The van der Waals surface area contributed by atoms with E-state index in [4.69, 9.17) is 0 Å². The number of alkyl halides is 2. The second kappa shape index (κ2) is 8.49. The minimum absolute atomic E-state index is 0.179. The van der Waals surface area contributed by atoms with Gasteiger partial charge in [0.25, 0.3) is 6.43 Å². The predicted octanol–water partition coefficient (Wildman–Crippen LogP) is 4.89. The van der Waals surface area contributed by atoms with Gasteiger partial charge in [0.2, 0.25) is 11.0 Å². The van der Waals surface area contributed by atoms with Gasteiger partial charge in [0.05, 0.1) is 6.21 Å². The molecule has 0 aliphatic carbocycles. The van der Waals surface area contributed by atoms with Gasteiger partial charge in [-0.05, 0) is 24.6 Å². The highest BCUT2D eigenvalue weighted by Gasteiger charge is 2.20. The van der Waals surface area contributed by atoms with Crippen LogP contribution in [-0.4, -0.2) is 26.8 Å². The zero-order valence-corrected chi connectivity index (χ0v) is 14.6. The summed E-state index contributed by atoms with van der Waals surface area (Å²) < 4.78 is 41.3. The molecule has 2 rings (SSSR count). The van der Waals surface area contributed by atoms with Crippen LogP contribution in [0.2, 0.25) is 0 Å². The zero-order chi connectivity index (χ0) is 16.8. The molecule has 0 aliphatic heterocycles. The first-order chi connectivity index (χ1) is 11.0. The normalized spacial score (nSPS) is 11.7. The minimum Gasteiger partial charge on any atom is -0.206 e. The van der Waals surface area contributed by atoms with E-state index in [9.17, 15) is 13.2 Å². The molecule has 0 radical (unpaired) electrons. The van der Waals surface area contributed by atoms with E-state index < -0.39 is 18.1 Å². The molecule has 1 aromatic heterocycles. The van der Waals surface area contributed by atoms with Gasteiger partial charge in [0.1, 0.15) is 5.82 Å². The molecule has 0 N–H and O–H groups in total. The average molecular weight is 407 g/mol. The number of aromatic nitrogens is 3. The standard InChI is InChI=1S/C14H14BrF3N4S/c1-2-3-6-23-14-21-20-13(12(17)18)22(14)19-8-9-7-10(15)4-5-11(9)16/h4-5,7-8,12H,2-3,6H2,1H3/b19-8-. The highest BCUT2D eigenvalue weighted by atomic mass is 79.9. The number of unbranched alkanes of at least 4 members (excludes halogenated alkanes) is 1. The van der Waals surface area contributed by atoms with Gasteiger partial charge >= 0.3 is 0 Å². The lowest BCUT2D eigenvalue weighted by Gasteiger charge is -2.04. The summed E-state index contributed by atoms with van der Waals surface area (Å²) in [6.07, 6.45) is 0.271. The van der Waals surface area contributed by atoms with Crippen molar-refractivity contribution in [3.05, 3.63) is 39.9 Å². The number of halogens is 4. The fraction of sp³-hybridized carbons (Fsp3) is 0.357. The van der Waals surface area contributed by atoms with Crippen LogP contribution in [0.3, 0.4) is 0 Å². The van der Waals surface area contributed by atoms with Crippen LogP contribution in [-0.2, 0) is 0 Å². The van der Waals surface area contributed by atoms with Crippen molar-refractivity contribution in [2.45, 2.75) is 31.3 Å². The molecule has 0 saturated carbocycles. The first-order valence-electron chi connectivity index (χ1n) is 6.88. The Balaban J connectivity index is 2.30. The van der Waals surface area contributed by atoms with E-state index in [0.29, 0.717) is 4.47 Å². The molecule has 4 nitrogen and oxygen atoms in total. The van der Waals surface area contributed by atoms with Crippen molar-refractivity contribution in [1.29, 1.82) is 0 Å². The molecule has 2 aromatic rings. The number of nitrogens with zero attached hydrogens (tertiary/aromatic N) is 4. The van der Waals surface area contributed by atoms with Crippen molar-refractivity contribution in [2.24, 2.45) is 5.10 Å². The fourth-order valence-corrected chi connectivity index (χ4v) is 3.01. The molecular weight excluding hydrogens is 393 g/mol. The maximum absolute atomic E-state index is 13.7. The summed E-state index contributed by atoms with van der Waals surface area (Å²) in [5.74, 6) is -0.335. The molecular formula is C14H14BrF3N4S. The Hall–Kier alpha value is -1.35. The third-order valence-corrected chi connectivity index (χ3v) is 4.33. The molecule has 0 unspecified atom stereocenters. The first kappa shape index (κ1) is 18.0. The quantitative estimate of drug-likeness (QED) is 0.373. The van der Waals surface area contributed by atoms with Gasteiger partial charge in [0.15, 0.2) is 0 Å². The topological polar surface area (TPSA) is 43.1 Å². The Labute approximate surface area is 144 Å². The summed E-state index contributed by atoms with van der Waals surface area (Å²) in [6, 6.07) is 4.32. The maximum atomic E-state index is 13.7. The average Bonchev–Trinajstić information content (AvgIpc) is 2.92. The van der Waals surface area contributed by atoms with Gasteiger partial charge in [-0.1, -0.05) is 41.0 Å². The van der Waals surface area contributed by atoms with E-state index >= 15 is 0 Å². The SMILES string of the molecule is CCCCSc1nnc(C(F)F)n1/N=C\c1cc(Br)ccc1F. The van der Waals surface area contributed by atoms with Gasteiger partial charge in [-0.3, -0.25) is 0 Å². The van der Waals surface area contributed by atoms with Crippen molar-refractivity contribution >= 4 is 33.9 Å². The van der Waals surface area contributed by atoms with Gasteiger partial charge < -0.3 is 0 Å². The van der Waals surface area contributed by atoms with Crippen molar-refractivity contribution in [1.82, 2.24) is 14.9 Å². The zero-order valence-electron chi connectivity index (χ0n) is 12.2. The van der Waals surface area contributed by atoms with Gasteiger partial charge in [0, 0.05) is 15.8 Å². The molecule has 0 saturated heterocycles. The van der Waals surface area contributed by atoms with Crippen LogP contribution in [0.25, 0.3) is 0 Å². The van der Waals surface area contributed by atoms with Crippen LogP contribution < -0.4 is 0 Å². The lowest BCUT2D eigenvalue weighted by molar-refractivity contribution is 0.135. The summed E-state index contributed by atoms with van der Waals surface area (Å²) in [6.45, 7) is 2.03. The van der Waals surface area contributed by atoms with Crippen molar-refractivity contribution in [2.75, 3.05) is 5.75 Å². The molecule has 1 aromatic carbocycles. The van der Waals surface area contributed by atoms with Gasteiger partial charge in [-0.25, -0.2) is 13.2 Å². The summed E-state index contributed by atoms with van der Waals surface area (Å²) in [5, 5.41) is 11.4. The van der Waals surface area contributed by atoms with E-state index in [-0.39, 0.29) is 10.7 Å². The van der Waals surface area contributed by atoms with E-state index in [2.05, 4.69) is 31.2 Å². The Morgan fingerprint density at radius 3 is 2.87 bits per heavy atom. The molecule has 0 atom stereocenters. The van der Waals surface area contributed by atoms with Crippen LogP contribution >= 0.6 is 27.7 Å². The predicted molar refractivity (Wildman–Crippen MR) is 87.7 cm³/mol. The third-order valence-electron chi connectivity index (χ3n) is 2.83.